The molecular weight excluding hydrogens is 630 g/mol. The normalized spacial score (nSPS) is 32.2. The zero-order valence-electron chi connectivity index (χ0n) is 29.8. The summed E-state index contributed by atoms with van der Waals surface area (Å²) < 4.78 is 22.1. The number of hydrogen-bond acceptors (Lipinski definition) is 7. The Morgan fingerprint density at radius 1 is 0.917 bits per heavy atom. The van der Waals surface area contributed by atoms with Crippen molar-refractivity contribution in [2.24, 2.45) is 5.92 Å². The SMILES string of the molecule is CC[C@H]1C=CCC[C@@]2(C[C@@H]3CC[C@H]4[C@@H](C(=O)OCCCCCCCCCCCCCCCC(=O)O)[C@@]5(CCC[C@@H](C)O5)NC(=[N+]34)N2)O1.[Cl-]. The van der Waals surface area contributed by atoms with Gasteiger partial charge in [0.25, 0.3) is 0 Å². The molecule has 5 aliphatic rings. The number of carbonyl (C=O) groups is 2. The van der Waals surface area contributed by atoms with E-state index < -0.39 is 17.4 Å². The van der Waals surface area contributed by atoms with Crippen molar-refractivity contribution >= 4 is 17.9 Å². The van der Waals surface area contributed by atoms with Crippen LogP contribution in [0, 0.1) is 5.92 Å². The maximum absolute atomic E-state index is 14.0. The van der Waals surface area contributed by atoms with E-state index in [1.54, 1.807) is 0 Å². The van der Waals surface area contributed by atoms with E-state index >= 15 is 0 Å². The van der Waals surface area contributed by atoms with E-state index in [1.165, 1.54) is 51.4 Å². The molecule has 5 rings (SSSR count). The van der Waals surface area contributed by atoms with Crippen molar-refractivity contribution in [1.82, 2.24) is 10.6 Å². The summed E-state index contributed by atoms with van der Waals surface area (Å²) in [4.78, 5) is 24.5. The van der Waals surface area contributed by atoms with Gasteiger partial charge in [0, 0.05) is 25.7 Å². The van der Waals surface area contributed by atoms with Gasteiger partial charge in [0.05, 0.1) is 30.9 Å². The Balaban J connectivity index is 0.00000520. The lowest BCUT2D eigenvalue weighted by molar-refractivity contribution is -0.609. The summed E-state index contributed by atoms with van der Waals surface area (Å²) >= 11 is 0. The van der Waals surface area contributed by atoms with Gasteiger partial charge in [-0.15, -0.1) is 0 Å². The first-order valence-corrected chi connectivity index (χ1v) is 19.5. The molecule has 10 heteroatoms. The molecule has 0 aromatic rings. The van der Waals surface area contributed by atoms with E-state index in [4.69, 9.17) is 19.3 Å². The van der Waals surface area contributed by atoms with Gasteiger partial charge in [0.15, 0.2) is 11.6 Å². The van der Waals surface area contributed by atoms with Crippen molar-refractivity contribution in [1.29, 1.82) is 0 Å². The van der Waals surface area contributed by atoms with Crippen molar-refractivity contribution in [3.63, 3.8) is 0 Å². The van der Waals surface area contributed by atoms with Crippen LogP contribution in [0.4, 0.5) is 0 Å². The van der Waals surface area contributed by atoms with Crippen LogP contribution in [0.15, 0.2) is 12.2 Å². The molecule has 0 amide bonds. The molecule has 9 nitrogen and oxygen atoms in total. The van der Waals surface area contributed by atoms with Gasteiger partial charge < -0.3 is 31.7 Å². The second-order valence-electron chi connectivity index (χ2n) is 15.1. The van der Waals surface area contributed by atoms with Crippen LogP contribution in [-0.2, 0) is 23.8 Å². The standard InChI is InChI=1S/C38H63N3O6.ClH/c1-3-31-21-16-17-25-37(47-31)28-30-23-24-32-34(38(26-19-20-29(2)46-38)40-36(39-37)41(30)32)35(44)45-27-18-14-12-10-8-6-4-5-7-9-11-13-15-22-33(42)43;/h16,21,29-32,34H,3-15,17-20,22-28H2,1-2H3,(H2,39,40,42,43);1H/t29-,30+,31+,32+,34+,37+,38+;/m1./s1. The quantitative estimate of drug-likeness (QED) is 0.0844. The molecular formula is C38H64ClN3O6. The molecule has 0 aliphatic carbocycles. The maximum atomic E-state index is 14.0. The first-order chi connectivity index (χ1) is 22.8. The van der Waals surface area contributed by atoms with Crippen molar-refractivity contribution < 1.29 is 45.9 Å². The van der Waals surface area contributed by atoms with Crippen LogP contribution in [0.2, 0.25) is 0 Å². The number of esters is 1. The number of guanidine groups is 1. The predicted octanol–water partition coefficient (Wildman–Crippen LogP) is 4.32. The first kappa shape index (κ1) is 39.0. The maximum Gasteiger partial charge on any atom is 0.350 e. The van der Waals surface area contributed by atoms with Crippen LogP contribution in [-0.4, -0.2) is 69.9 Å². The Labute approximate surface area is 295 Å². The minimum atomic E-state index is -0.751. The molecule has 5 heterocycles. The minimum absolute atomic E-state index is 0. The van der Waals surface area contributed by atoms with E-state index in [0.29, 0.717) is 19.1 Å². The molecule has 0 radical (unpaired) electrons. The molecule has 48 heavy (non-hydrogen) atoms. The van der Waals surface area contributed by atoms with Crippen LogP contribution in [0.3, 0.4) is 0 Å². The molecule has 0 unspecified atom stereocenters. The molecule has 5 aliphatic heterocycles. The molecule has 0 aromatic heterocycles. The summed E-state index contributed by atoms with van der Waals surface area (Å²) in [5.74, 6) is -0.132. The van der Waals surface area contributed by atoms with Crippen molar-refractivity contribution in [2.45, 2.75) is 197 Å². The number of aliphatic carboxylic acids is 1. The number of nitrogens with zero attached hydrogens (tertiary/aromatic N) is 1. The summed E-state index contributed by atoms with van der Waals surface area (Å²) in [6.45, 7) is 4.81. The third kappa shape index (κ3) is 10.1. The summed E-state index contributed by atoms with van der Waals surface area (Å²) in [5, 5.41) is 16.4. The van der Waals surface area contributed by atoms with Crippen molar-refractivity contribution in [2.75, 3.05) is 6.61 Å². The lowest BCUT2D eigenvalue weighted by atomic mass is 9.80. The van der Waals surface area contributed by atoms with Gasteiger partial charge in [0.2, 0.25) is 5.72 Å². The number of halogens is 1. The van der Waals surface area contributed by atoms with Crippen LogP contribution in [0.5, 0.6) is 0 Å². The van der Waals surface area contributed by atoms with Gasteiger partial charge in [-0.2, -0.15) is 0 Å². The fraction of sp³-hybridized carbons (Fsp3) is 0.868. The fourth-order valence-corrected chi connectivity index (χ4v) is 8.98. The number of allylic oxidation sites excluding steroid dienone is 1. The number of carboxylic acid groups (broad SMARTS) is 1. The van der Waals surface area contributed by atoms with Gasteiger partial charge in [-0.05, 0) is 58.3 Å². The number of ether oxygens (including phenoxy) is 3. The summed E-state index contributed by atoms with van der Waals surface area (Å²) in [6, 6.07) is 0.408. The Hall–Kier alpha value is -1.84. The van der Waals surface area contributed by atoms with Crippen molar-refractivity contribution in [3.8, 4) is 0 Å². The Morgan fingerprint density at radius 3 is 2.23 bits per heavy atom. The van der Waals surface area contributed by atoms with E-state index in [9.17, 15) is 9.59 Å². The third-order valence-electron chi connectivity index (χ3n) is 11.4. The first-order valence-electron chi connectivity index (χ1n) is 19.5. The Bertz CT molecular complexity index is 1100. The molecule has 0 aromatic carbocycles. The zero-order chi connectivity index (χ0) is 33.1. The molecule has 2 saturated heterocycles. The van der Waals surface area contributed by atoms with E-state index in [1.807, 2.05) is 0 Å². The average Bonchev–Trinajstić information content (AvgIpc) is 3.34. The highest BCUT2D eigenvalue weighted by atomic mass is 35.5. The van der Waals surface area contributed by atoms with E-state index in [2.05, 4.69) is 41.2 Å². The monoisotopic (exact) mass is 693 g/mol. The number of carbonyl (C=O) groups excluding carboxylic acids is 1. The summed E-state index contributed by atoms with van der Waals surface area (Å²) in [7, 11) is 0. The highest BCUT2D eigenvalue weighted by Crippen LogP contribution is 2.45. The smallest absolute Gasteiger partial charge is 0.350 e. The van der Waals surface area contributed by atoms with Gasteiger partial charge >= 0.3 is 17.9 Å². The van der Waals surface area contributed by atoms with E-state index in [-0.39, 0.29) is 42.5 Å². The molecule has 7 atom stereocenters. The van der Waals surface area contributed by atoms with Gasteiger partial charge in [0.1, 0.15) is 0 Å². The number of rotatable bonds is 18. The summed E-state index contributed by atoms with van der Waals surface area (Å²) in [6.07, 6.45) is 28.8. The molecule has 0 saturated carbocycles. The van der Waals surface area contributed by atoms with Crippen LogP contribution in [0.25, 0.3) is 0 Å². The number of unbranched alkanes of at least 4 members (excludes halogenated alkanes) is 12. The zero-order valence-corrected chi connectivity index (χ0v) is 30.6. The topological polar surface area (TPSA) is 109 Å². The van der Waals surface area contributed by atoms with Crippen LogP contribution >= 0.6 is 0 Å². The third-order valence-corrected chi connectivity index (χ3v) is 11.4. The lowest BCUT2D eigenvalue weighted by Crippen LogP contribution is -3.00. The molecule has 2 fully saturated rings. The van der Waals surface area contributed by atoms with Gasteiger partial charge in [-0.25, -0.2) is 10.6 Å². The highest BCUT2D eigenvalue weighted by molar-refractivity contribution is 5.82. The molecule has 2 spiro atoms. The average molecular weight is 694 g/mol. The fourth-order valence-electron chi connectivity index (χ4n) is 8.98. The Morgan fingerprint density at radius 2 is 1.58 bits per heavy atom. The minimum Gasteiger partial charge on any atom is -1.00 e. The Kier molecular flexibility index (Phi) is 15.4. The second-order valence-corrected chi connectivity index (χ2v) is 15.1. The van der Waals surface area contributed by atoms with Crippen LogP contribution < -0.4 is 23.0 Å². The second kappa shape index (κ2) is 19.0. The van der Waals surface area contributed by atoms with Gasteiger partial charge in [-0.1, -0.05) is 89.7 Å². The summed E-state index contributed by atoms with van der Waals surface area (Å²) in [5.41, 5.74) is -1.15. The van der Waals surface area contributed by atoms with Crippen molar-refractivity contribution in [3.05, 3.63) is 12.2 Å². The molecule has 274 valence electrons. The number of hydrogen-bond donors (Lipinski definition) is 3. The lowest BCUT2D eigenvalue weighted by Gasteiger charge is -2.50. The van der Waals surface area contributed by atoms with Crippen LogP contribution in [0.1, 0.15) is 162 Å². The van der Waals surface area contributed by atoms with Gasteiger partial charge in [-0.3, -0.25) is 14.2 Å². The number of carboxylic acids is 1. The largest absolute Gasteiger partial charge is 1.00 e. The molecule has 0 bridgehead atoms. The highest BCUT2D eigenvalue weighted by Gasteiger charge is 2.64. The molecule has 3 N–H and O–H groups in total. The number of nitrogens with one attached hydrogen (secondary N) is 2. The predicted molar refractivity (Wildman–Crippen MR) is 183 cm³/mol. The van der Waals surface area contributed by atoms with E-state index in [0.717, 1.165) is 95.9 Å².